The number of benzene rings is 2. The van der Waals surface area contributed by atoms with Gasteiger partial charge in [0.25, 0.3) is 0 Å². The molecule has 0 aromatic heterocycles. The van der Waals surface area contributed by atoms with Crippen LogP contribution in [0, 0.1) is 0 Å². The molecule has 0 radical (unpaired) electrons. The third kappa shape index (κ3) is 15.5. The van der Waals surface area contributed by atoms with E-state index in [0.29, 0.717) is 0 Å². The molecule has 0 fully saturated rings. The van der Waals surface area contributed by atoms with Gasteiger partial charge in [-0.2, -0.15) is 0 Å². The van der Waals surface area contributed by atoms with Crippen molar-refractivity contribution in [2.45, 2.75) is 51.2 Å². The van der Waals surface area contributed by atoms with Crippen molar-refractivity contribution in [1.29, 1.82) is 0 Å². The van der Waals surface area contributed by atoms with Gasteiger partial charge in [-0.1, -0.05) is 48.5 Å². The summed E-state index contributed by atoms with van der Waals surface area (Å²) in [5, 5.41) is 16.7. The molecule has 15 nitrogen and oxygen atoms in total. The smallest absolute Gasteiger partial charge is 0.407 e. The molecule has 0 heterocycles. The average molecular weight is 716 g/mol. The van der Waals surface area contributed by atoms with Crippen LogP contribution in [0.1, 0.15) is 50.7 Å². The molecule has 1 unspecified atom stereocenters. The minimum Gasteiger partial charge on any atom is -0.481 e. The van der Waals surface area contributed by atoms with Gasteiger partial charge in [0.05, 0.1) is 39.6 Å². The fourth-order valence-corrected chi connectivity index (χ4v) is 5.08. The molecule has 3 amide bonds. The lowest BCUT2D eigenvalue weighted by molar-refractivity contribution is -0.159. The second kappa shape index (κ2) is 21.6. The summed E-state index contributed by atoms with van der Waals surface area (Å²) >= 11 is 0. The molecule has 0 saturated heterocycles. The highest BCUT2D eigenvalue weighted by molar-refractivity contribution is 5.85. The van der Waals surface area contributed by atoms with E-state index in [1.54, 1.807) is 20.8 Å². The zero-order valence-corrected chi connectivity index (χ0v) is 29.4. The maximum absolute atomic E-state index is 12.3. The molecule has 1 atom stereocenters. The number of hydrogen-bond acceptors (Lipinski definition) is 11. The van der Waals surface area contributed by atoms with Crippen LogP contribution in [-0.2, 0) is 47.6 Å². The first-order valence-electron chi connectivity index (χ1n) is 16.8. The van der Waals surface area contributed by atoms with Crippen molar-refractivity contribution < 1.29 is 57.5 Å². The predicted octanol–water partition coefficient (Wildman–Crippen LogP) is 2.40. The lowest BCUT2D eigenvalue weighted by atomic mass is 9.98. The van der Waals surface area contributed by atoms with Crippen molar-refractivity contribution in [3.8, 4) is 11.1 Å². The van der Waals surface area contributed by atoms with Crippen LogP contribution in [0.5, 0.6) is 0 Å². The van der Waals surface area contributed by atoms with Crippen molar-refractivity contribution in [3.63, 3.8) is 0 Å². The number of aliphatic carboxylic acids is 1. The van der Waals surface area contributed by atoms with Gasteiger partial charge in [0.15, 0.2) is 0 Å². The second-order valence-corrected chi connectivity index (χ2v) is 12.5. The summed E-state index contributed by atoms with van der Waals surface area (Å²) in [4.78, 5) is 59.6. The van der Waals surface area contributed by atoms with Crippen LogP contribution in [0.15, 0.2) is 48.5 Å². The van der Waals surface area contributed by atoms with Gasteiger partial charge in [0, 0.05) is 25.4 Å². The molecule has 0 bridgehead atoms. The fraction of sp³-hybridized carbons (Fsp3) is 0.528. The lowest BCUT2D eigenvalue weighted by Gasteiger charge is -2.24. The van der Waals surface area contributed by atoms with Gasteiger partial charge < -0.3 is 49.5 Å². The number of carboxylic acids is 1. The Kier molecular flexibility index (Phi) is 17.3. The van der Waals surface area contributed by atoms with E-state index in [1.807, 2.05) is 24.3 Å². The van der Waals surface area contributed by atoms with Crippen LogP contribution >= 0.6 is 0 Å². The number of hydrogen-bond donors (Lipinski definition) is 4. The van der Waals surface area contributed by atoms with Gasteiger partial charge >= 0.3 is 18.0 Å². The molecule has 1 aliphatic rings. The molecule has 15 heteroatoms. The summed E-state index contributed by atoms with van der Waals surface area (Å²) in [7, 11) is 0. The maximum Gasteiger partial charge on any atom is 0.407 e. The molecular formula is C36H49N3O12. The minimum atomic E-state index is -1.11. The zero-order chi connectivity index (χ0) is 37.1. The first-order valence-corrected chi connectivity index (χ1v) is 16.8. The third-order valence-electron chi connectivity index (χ3n) is 7.31. The standard InChI is InChI=1S/C36H49N3O12/c1-36(2,3)51-34(44)30(12-13-33(42)43)39-32(41)24-49-21-19-46-16-14-37-31(40)23-48-20-18-47-17-15-38-35(45)50-22-29-27-10-6-4-8-25(27)26-9-5-7-11-28(26)29/h4-11,29-30H,12-24H2,1-3H3,(H,37,40)(H,38,45)(H,39,41)(H,42,43). The van der Waals surface area contributed by atoms with Gasteiger partial charge in [-0.05, 0) is 49.4 Å². The number of alkyl carbamates (subject to hydrolysis) is 1. The summed E-state index contributed by atoms with van der Waals surface area (Å²) in [5.41, 5.74) is 3.82. The summed E-state index contributed by atoms with van der Waals surface area (Å²) in [6, 6.07) is 15.1. The first kappa shape index (κ1) is 40.9. The second-order valence-electron chi connectivity index (χ2n) is 12.5. The molecule has 51 heavy (non-hydrogen) atoms. The van der Waals surface area contributed by atoms with Crippen molar-refractivity contribution in [3.05, 3.63) is 59.7 Å². The lowest BCUT2D eigenvalue weighted by Crippen LogP contribution is -2.45. The van der Waals surface area contributed by atoms with Gasteiger partial charge in [-0.25, -0.2) is 9.59 Å². The van der Waals surface area contributed by atoms with Crippen molar-refractivity contribution >= 4 is 29.8 Å². The van der Waals surface area contributed by atoms with E-state index in [-0.39, 0.29) is 97.2 Å². The Bertz CT molecular complexity index is 1400. The van der Waals surface area contributed by atoms with E-state index in [4.69, 9.17) is 33.5 Å². The van der Waals surface area contributed by atoms with Gasteiger partial charge in [-0.3, -0.25) is 14.4 Å². The summed E-state index contributed by atoms with van der Waals surface area (Å²) < 4.78 is 32.1. The zero-order valence-electron chi connectivity index (χ0n) is 29.4. The summed E-state index contributed by atoms with van der Waals surface area (Å²) in [6.45, 7) is 6.35. The van der Waals surface area contributed by atoms with Gasteiger partial charge in [-0.15, -0.1) is 0 Å². The molecule has 0 saturated carbocycles. The largest absolute Gasteiger partial charge is 0.481 e. The van der Waals surface area contributed by atoms with Crippen LogP contribution < -0.4 is 16.0 Å². The number of fused-ring (bicyclic) bond motifs is 3. The highest BCUT2D eigenvalue weighted by Crippen LogP contribution is 2.44. The van der Waals surface area contributed by atoms with Crippen molar-refractivity contribution in [1.82, 2.24) is 16.0 Å². The van der Waals surface area contributed by atoms with Crippen molar-refractivity contribution in [2.75, 3.05) is 72.6 Å². The molecule has 0 spiro atoms. The van der Waals surface area contributed by atoms with Gasteiger partial charge in [0.1, 0.15) is 31.5 Å². The van der Waals surface area contributed by atoms with E-state index < -0.39 is 35.6 Å². The highest BCUT2D eigenvalue weighted by atomic mass is 16.6. The molecule has 1 aliphatic carbocycles. The average Bonchev–Trinajstić information content (AvgIpc) is 3.40. The monoisotopic (exact) mass is 715 g/mol. The molecule has 2 aromatic carbocycles. The molecule has 4 N–H and O–H groups in total. The molecule has 2 aromatic rings. The Hall–Kier alpha value is -4.57. The Morgan fingerprint density at radius 2 is 1.25 bits per heavy atom. The van der Waals surface area contributed by atoms with E-state index in [9.17, 15) is 24.0 Å². The van der Waals surface area contributed by atoms with E-state index >= 15 is 0 Å². The van der Waals surface area contributed by atoms with Crippen molar-refractivity contribution in [2.24, 2.45) is 0 Å². The predicted molar refractivity (Wildman–Crippen MR) is 184 cm³/mol. The number of ether oxygens (including phenoxy) is 6. The number of carbonyl (C=O) groups is 5. The number of carboxylic acid groups (broad SMARTS) is 1. The van der Waals surface area contributed by atoms with Crippen LogP contribution in [-0.4, -0.2) is 119 Å². The Balaban J connectivity index is 1.13. The molecule has 0 aliphatic heterocycles. The highest BCUT2D eigenvalue weighted by Gasteiger charge is 2.29. The molecule has 280 valence electrons. The van der Waals surface area contributed by atoms with Crippen LogP contribution in [0.4, 0.5) is 4.79 Å². The number of esters is 1. The SMILES string of the molecule is CC(C)(C)OC(=O)C(CCC(=O)O)NC(=O)COCCOCCNC(=O)COCCOCCNC(=O)OCC1c2ccccc2-c2ccccc21. The third-order valence-corrected chi connectivity index (χ3v) is 7.31. The first-order chi connectivity index (χ1) is 24.4. The van der Waals surface area contributed by atoms with Crippen LogP contribution in [0.2, 0.25) is 0 Å². The van der Waals surface area contributed by atoms with E-state index in [2.05, 4.69) is 40.2 Å². The van der Waals surface area contributed by atoms with E-state index in [1.165, 1.54) is 0 Å². The summed E-state index contributed by atoms with van der Waals surface area (Å²) in [6.07, 6.45) is -0.952. The minimum absolute atomic E-state index is 0.0116. The number of carbonyl (C=O) groups excluding carboxylic acids is 4. The molecular weight excluding hydrogens is 666 g/mol. The van der Waals surface area contributed by atoms with Gasteiger partial charge in [0.2, 0.25) is 11.8 Å². The Morgan fingerprint density at radius 1 is 0.725 bits per heavy atom. The number of amides is 3. The number of rotatable bonds is 23. The van der Waals surface area contributed by atoms with Crippen LogP contribution in [0.25, 0.3) is 11.1 Å². The molecule has 3 rings (SSSR count). The quantitative estimate of drug-likeness (QED) is 0.0970. The van der Waals surface area contributed by atoms with E-state index in [0.717, 1.165) is 22.3 Å². The maximum atomic E-state index is 12.3. The summed E-state index contributed by atoms with van der Waals surface area (Å²) in [5.74, 6) is -2.76. The Labute approximate surface area is 297 Å². The number of nitrogens with one attached hydrogen (secondary N) is 3. The Morgan fingerprint density at radius 3 is 1.82 bits per heavy atom. The van der Waals surface area contributed by atoms with Crippen LogP contribution in [0.3, 0.4) is 0 Å². The topological polar surface area (TPSA) is 197 Å². The normalized spacial score (nSPS) is 12.7. The fourth-order valence-electron chi connectivity index (χ4n) is 5.08.